The molecule has 0 radical (unpaired) electrons. The number of hydrogen-bond acceptors (Lipinski definition) is 4. The second-order valence-corrected chi connectivity index (χ2v) is 4.45. The van der Waals surface area contributed by atoms with Gasteiger partial charge in [-0.15, -0.1) is 5.10 Å². The molecule has 1 aromatic rings. The smallest absolute Gasteiger partial charge is 0.180 e. The predicted octanol–water partition coefficient (Wildman–Crippen LogP) is 2.49. The minimum absolute atomic E-state index is 0.181. The average Bonchev–Trinajstić information content (AvgIpc) is 2.30. The summed E-state index contributed by atoms with van der Waals surface area (Å²) in [7, 11) is 0. The zero-order valence-electron chi connectivity index (χ0n) is 10.3. The Morgan fingerprint density at radius 1 is 1.35 bits per heavy atom. The molecule has 0 bridgehead atoms. The highest BCUT2D eigenvalue weighted by Crippen LogP contribution is 2.12. The maximum Gasteiger partial charge on any atom is 0.180 e. The summed E-state index contributed by atoms with van der Waals surface area (Å²) in [6, 6.07) is 7.66. The van der Waals surface area contributed by atoms with Crippen LogP contribution in [0.15, 0.2) is 34.5 Å². The van der Waals surface area contributed by atoms with Crippen molar-refractivity contribution in [1.82, 2.24) is 0 Å². The lowest BCUT2D eigenvalue weighted by atomic mass is 10.2. The number of nitrogens with zero attached hydrogens (tertiary/aromatic N) is 2. The maximum atomic E-state index is 5.53. The first-order chi connectivity index (χ1) is 8.11. The van der Waals surface area contributed by atoms with Gasteiger partial charge in [0.15, 0.2) is 5.17 Å². The van der Waals surface area contributed by atoms with Gasteiger partial charge in [0, 0.05) is 0 Å². The van der Waals surface area contributed by atoms with Crippen LogP contribution in [0.25, 0.3) is 0 Å². The molecule has 0 saturated heterocycles. The van der Waals surface area contributed by atoms with Gasteiger partial charge in [0.1, 0.15) is 5.75 Å². The van der Waals surface area contributed by atoms with E-state index in [4.69, 9.17) is 10.5 Å². The van der Waals surface area contributed by atoms with Crippen molar-refractivity contribution in [1.29, 1.82) is 0 Å². The molecule has 1 rings (SSSR count). The molecule has 0 amide bonds. The van der Waals surface area contributed by atoms with Crippen LogP contribution in [-0.4, -0.2) is 23.7 Å². The highest BCUT2D eigenvalue weighted by Gasteiger charge is 1.96. The van der Waals surface area contributed by atoms with Gasteiger partial charge in [-0.25, -0.2) is 0 Å². The standard InChI is InChI=1S/C12H17N3OS/c1-9(2)16-11-6-4-10(5-7-11)8-14-15-12(13)17-3/h4-9H,1-3H3,(H2,13,15)/b14-8-. The molecule has 0 heterocycles. The van der Waals surface area contributed by atoms with E-state index in [0.29, 0.717) is 5.17 Å². The molecule has 0 aliphatic heterocycles. The predicted molar refractivity (Wildman–Crippen MR) is 74.9 cm³/mol. The van der Waals surface area contributed by atoms with Crippen molar-refractivity contribution in [2.24, 2.45) is 15.9 Å². The van der Waals surface area contributed by atoms with Gasteiger partial charge in [-0.3, -0.25) is 0 Å². The highest BCUT2D eigenvalue weighted by atomic mass is 32.2. The van der Waals surface area contributed by atoms with E-state index >= 15 is 0 Å². The third kappa shape index (κ3) is 5.40. The fraction of sp³-hybridized carbons (Fsp3) is 0.333. The van der Waals surface area contributed by atoms with E-state index in [1.807, 2.05) is 44.4 Å². The number of nitrogens with two attached hydrogens (primary N) is 1. The Kier molecular flexibility index (Phi) is 5.56. The van der Waals surface area contributed by atoms with Crippen molar-refractivity contribution in [2.75, 3.05) is 6.26 Å². The lowest BCUT2D eigenvalue weighted by Gasteiger charge is -2.08. The van der Waals surface area contributed by atoms with Gasteiger partial charge in [0.25, 0.3) is 0 Å². The van der Waals surface area contributed by atoms with Crippen molar-refractivity contribution >= 4 is 23.1 Å². The van der Waals surface area contributed by atoms with E-state index in [9.17, 15) is 0 Å². The summed E-state index contributed by atoms with van der Waals surface area (Å²) in [6.45, 7) is 3.99. The van der Waals surface area contributed by atoms with Gasteiger partial charge in [-0.2, -0.15) is 5.10 Å². The van der Waals surface area contributed by atoms with E-state index in [2.05, 4.69) is 10.2 Å². The monoisotopic (exact) mass is 251 g/mol. The first kappa shape index (κ1) is 13.6. The molecule has 4 nitrogen and oxygen atoms in total. The summed E-state index contributed by atoms with van der Waals surface area (Å²) in [6.07, 6.45) is 3.69. The Bertz CT molecular complexity index is 399. The van der Waals surface area contributed by atoms with Gasteiger partial charge in [0.05, 0.1) is 12.3 Å². The number of hydrogen-bond donors (Lipinski definition) is 1. The van der Waals surface area contributed by atoms with Crippen LogP contribution in [0.4, 0.5) is 0 Å². The Morgan fingerprint density at radius 3 is 2.53 bits per heavy atom. The molecular formula is C12H17N3OS. The summed E-state index contributed by atoms with van der Waals surface area (Å²) in [5.74, 6) is 0.851. The van der Waals surface area contributed by atoms with Gasteiger partial charge in [-0.05, 0) is 49.9 Å². The van der Waals surface area contributed by atoms with E-state index in [0.717, 1.165) is 11.3 Å². The van der Waals surface area contributed by atoms with Crippen LogP contribution in [0.2, 0.25) is 0 Å². The van der Waals surface area contributed by atoms with Crippen LogP contribution in [0.5, 0.6) is 5.75 Å². The Balaban J connectivity index is 2.62. The summed E-state index contributed by atoms with van der Waals surface area (Å²) in [5.41, 5.74) is 6.45. The van der Waals surface area contributed by atoms with Crippen LogP contribution in [-0.2, 0) is 0 Å². The minimum atomic E-state index is 0.181. The van der Waals surface area contributed by atoms with Crippen LogP contribution in [0.1, 0.15) is 19.4 Å². The zero-order chi connectivity index (χ0) is 12.7. The average molecular weight is 251 g/mol. The molecule has 2 N–H and O–H groups in total. The maximum absolute atomic E-state index is 5.53. The van der Waals surface area contributed by atoms with Crippen molar-refractivity contribution in [2.45, 2.75) is 20.0 Å². The second kappa shape index (κ2) is 6.96. The van der Waals surface area contributed by atoms with Crippen molar-refractivity contribution < 1.29 is 4.74 Å². The van der Waals surface area contributed by atoms with E-state index in [-0.39, 0.29) is 6.10 Å². The molecular weight excluding hydrogens is 234 g/mol. The molecule has 0 unspecified atom stereocenters. The SMILES string of the molecule is CS/C(N)=N/N=C\c1ccc(OC(C)C)cc1. The first-order valence-electron chi connectivity index (χ1n) is 5.29. The van der Waals surface area contributed by atoms with Crippen molar-refractivity contribution in [3.8, 4) is 5.75 Å². The molecule has 0 fully saturated rings. The van der Waals surface area contributed by atoms with Gasteiger partial charge in [-0.1, -0.05) is 11.8 Å². The third-order valence-corrected chi connectivity index (χ3v) is 2.32. The first-order valence-corrected chi connectivity index (χ1v) is 6.51. The van der Waals surface area contributed by atoms with E-state index in [1.54, 1.807) is 6.21 Å². The summed E-state index contributed by atoms with van der Waals surface area (Å²) >= 11 is 1.36. The number of ether oxygens (including phenoxy) is 1. The Morgan fingerprint density at radius 2 is 2.00 bits per heavy atom. The molecule has 0 aromatic heterocycles. The van der Waals surface area contributed by atoms with Crippen LogP contribution in [0, 0.1) is 0 Å². The molecule has 5 heteroatoms. The molecule has 0 aliphatic rings. The number of benzene rings is 1. The molecule has 0 saturated carbocycles. The van der Waals surface area contributed by atoms with Crippen LogP contribution in [0.3, 0.4) is 0 Å². The molecule has 17 heavy (non-hydrogen) atoms. The van der Waals surface area contributed by atoms with E-state index < -0.39 is 0 Å². The lowest BCUT2D eigenvalue weighted by molar-refractivity contribution is 0.242. The van der Waals surface area contributed by atoms with Crippen LogP contribution >= 0.6 is 11.8 Å². The Hall–Kier alpha value is -1.49. The summed E-state index contributed by atoms with van der Waals surface area (Å²) < 4.78 is 5.53. The summed E-state index contributed by atoms with van der Waals surface area (Å²) in [4.78, 5) is 0. The fourth-order valence-electron chi connectivity index (χ4n) is 1.10. The number of rotatable bonds is 4. The molecule has 0 aliphatic carbocycles. The molecule has 92 valence electrons. The van der Waals surface area contributed by atoms with Gasteiger partial charge < -0.3 is 10.5 Å². The van der Waals surface area contributed by atoms with Crippen LogP contribution < -0.4 is 10.5 Å². The zero-order valence-corrected chi connectivity index (χ0v) is 11.1. The Labute approximate surface area is 106 Å². The highest BCUT2D eigenvalue weighted by molar-refractivity contribution is 8.13. The van der Waals surface area contributed by atoms with E-state index in [1.165, 1.54) is 11.8 Å². The fourth-order valence-corrected chi connectivity index (χ4v) is 1.23. The largest absolute Gasteiger partial charge is 0.491 e. The minimum Gasteiger partial charge on any atom is -0.491 e. The van der Waals surface area contributed by atoms with Gasteiger partial charge in [0.2, 0.25) is 0 Å². The quantitative estimate of drug-likeness (QED) is 0.508. The van der Waals surface area contributed by atoms with Crippen molar-refractivity contribution in [3.63, 3.8) is 0 Å². The topological polar surface area (TPSA) is 60.0 Å². The lowest BCUT2D eigenvalue weighted by Crippen LogP contribution is -2.05. The second-order valence-electron chi connectivity index (χ2n) is 3.62. The van der Waals surface area contributed by atoms with Gasteiger partial charge >= 0.3 is 0 Å². The normalized spacial score (nSPS) is 12.4. The number of amidine groups is 1. The van der Waals surface area contributed by atoms with Crippen molar-refractivity contribution in [3.05, 3.63) is 29.8 Å². The molecule has 0 atom stereocenters. The summed E-state index contributed by atoms with van der Waals surface area (Å²) in [5, 5.41) is 8.13. The molecule has 0 spiro atoms. The number of thioether (sulfide) groups is 1. The molecule has 1 aromatic carbocycles. The third-order valence-electron chi connectivity index (χ3n) is 1.82.